The molecule has 0 saturated carbocycles. The van der Waals surface area contributed by atoms with Crippen molar-refractivity contribution < 1.29 is 4.42 Å². The molecule has 0 amide bonds. The van der Waals surface area contributed by atoms with Crippen molar-refractivity contribution >= 4 is 11.4 Å². The number of anilines is 2. The molecule has 21 heavy (non-hydrogen) atoms. The fourth-order valence-corrected chi connectivity index (χ4v) is 2.83. The lowest BCUT2D eigenvalue weighted by atomic mass is 10.1. The van der Waals surface area contributed by atoms with Crippen LogP contribution in [0.1, 0.15) is 18.2 Å². The summed E-state index contributed by atoms with van der Waals surface area (Å²) in [6.07, 6.45) is 1.80. The standard InChI is InChI=1S/C17H23N3O/c1-3-18-12-14-8-11-21-17(14)13-20-10-9-19(2)15-6-4-5-7-16(15)20/h4-8,11,18H,3,9-10,12-13H2,1-2H3. The molecular formula is C17H23N3O. The molecule has 2 heterocycles. The Balaban J connectivity index is 1.80. The number of furan rings is 1. The number of hydrogen-bond donors (Lipinski definition) is 1. The van der Waals surface area contributed by atoms with Gasteiger partial charge in [0, 0.05) is 32.2 Å². The monoisotopic (exact) mass is 285 g/mol. The molecule has 4 heteroatoms. The van der Waals surface area contributed by atoms with Crippen LogP contribution in [0, 0.1) is 0 Å². The molecule has 1 aliphatic rings. The number of benzene rings is 1. The van der Waals surface area contributed by atoms with Crippen LogP contribution in [0.5, 0.6) is 0 Å². The summed E-state index contributed by atoms with van der Waals surface area (Å²) in [5.74, 6) is 1.07. The molecule has 0 bridgehead atoms. The van der Waals surface area contributed by atoms with Crippen LogP contribution in [0.15, 0.2) is 41.0 Å². The van der Waals surface area contributed by atoms with E-state index in [1.54, 1.807) is 6.26 Å². The summed E-state index contributed by atoms with van der Waals surface area (Å²) in [4.78, 5) is 4.72. The Morgan fingerprint density at radius 3 is 2.76 bits per heavy atom. The van der Waals surface area contributed by atoms with E-state index in [-0.39, 0.29) is 0 Å². The molecule has 1 N–H and O–H groups in total. The Morgan fingerprint density at radius 2 is 1.95 bits per heavy atom. The molecule has 0 spiro atoms. The molecule has 4 nitrogen and oxygen atoms in total. The first-order valence-electron chi connectivity index (χ1n) is 7.60. The van der Waals surface area contributed by atoms with Crippen LogP contribution in [0.3, 0.4) is 0 Å². The van der Waals surface area contributed by atoms with Gasteiger partial charge in [0.25, 0.3) is 0 Å². The van der Waals surface area contributed by atoms with Crippen LogP contribution in [-0.2, 0) is 13.1 Å². The van der Waals surface area contributed by atoms with Gasteiger partial charge < -0.3 is 19.5 Å². The number of para-hydroxylation sites is 2. The lowest BCUT2D eigenvalue weighted by Gasteiger charge is -2.36. The van der Waals surface area contributed by atoms with Crippen LogP contribution < -0.4 is 15.1 Å². The van der Waals surface area contributed by atoms with E-state index >= 15 is 0 Å². The Labute approximate surface area is 126 Å². The zero-order valence-corrected chi connectivity index (χ0v) is 12.8. The van der Waals surface area contributed by atoms with E-state index in [0.717, 1.165) is 38.5 Å². The second-order valence-corrected chi connectivity index (χ2v) is 5.48. The van der Waals surface area contributed by atoms with Crippen LogP contribution >= 0.6 is 0 Å². The van der Waals surface area contributed by atoms with E-state index < -0.39 is 0 Å². The summed E-state index contributed by atoms with van der Waals surface area (Å²) in [6, 6.07) is 10.6. The van der Waals surface area contributed by atoms with E-state index in [4.69, 9.17) is 4.42 Å². The molecule has 1 aliphatic heterocycles. The summed E-state index contributed by atoms with van der Waals surface area (Å²) in [5, 5.41) is 3.37. The highest BCUT2D eigenvalue weighted by atomic mass is 16.3. The lowest BCUT2D eigenvalue weighted by Crippen LogP contribution is -2.38. The molecule has 0 unspecified atom stereocenters. The maximum absolute atomic E-state index is 5.71. The third kappa shape index (κ3) is 2.90. The van der Waals surface area contributed by atoms with Gasteiger partial charge in [-0.2, -0.15) is 0 Å². The zero-order chi connectivity index (χ0) is 14.7. The summed E-state index contributed by atoms with van der Waals surface area (Å²) >= 11 is 0. The average Bonchev–Trinajstić information content (AvgIpc) is 2.95. The fraction of sp³-hybridized carbons (Fsp3) is 0.412. The molecular weight excluding hydrogens is 262 g/mol. The first kappa shape index (κ1) is 14.0. The van der Waals surface area contributed by atoms with Gasteiger partial charge in [0.05, 0.1) is 24.2 Å². The Bertz CT molecular complexity index is 593. The number of hydrogen-bond acceptors (Lipinski definition) is 4. The molecule has 0 radical (unpaired) electrons. The van der Waals surface area contributed by atoms with Crippen molar-refractivity contribution in [2.24, 2.45) is 0 Å². The second-order valence-electron chi connectivity index (χ2n) is 5.48. The summed E-state index contributed by atoms with van der Waals surface area (Å²) in [7, 11) is 2.15. The van der Waals surface area contributed by atoms with E-state index in [0.29, 0.717) is 0 Å². The summed E-state index contributed by atoms with van der Waals surface area (Å²) in [5.41, 5.74) is 3.84. The third-order valence-corrected chi connectivity index (χ3v) is 4.08. The predicted octanol–water partition coefficient (Wildman–Crippen LogP) is 2.85. The lowest BCUT2D eigenvalue weighted by molar-refractivity contribution is 0.493. The maximum atomic E-state index is 5.71. The van der Waals surface area contributed by atoms with Crippen molar-refractivity contribution in [2.45, 2.75) is 20.0 Å². The minimum atomic E-state index is 0.832. The van der Waals surface area contributed by atoms with Crippen molar-refractivity contribution in [3.05, 3.63) is 47.9 Å². The number of nitrogens with zero attached hydrogens (tertiary/aromatic N) is 2. The molecule has 0 aliphatic carbocycles. The first-order valence-corrected chi connectivity index (χ1v) is 7.60. The SMILES string of the molecule is CCNCc1ccoc1CN1CCN(C)c2ccccc21. The highest BCUT2D eigenvalue weighted by Crippen LogP contribution is 2.33. The van der Waals surface area contributed by atoms with Crippen LogP contribution in [0.25, 0.3) is 0 Å². The van der Waals surface area contributed by atoms with E-state index in [9.17, 15) is 0 Å². The molecule has 112 valence electrons. The van der Waals surface area contributed by atoms with Gasteiger partial charge in [-0.3, -0.25) is 0 Å². The van der Waals surface area contributed by atoms with Crippen LogP contribution in [0.4, 0.5) is 11.4 Å². The highest BCUT2D eigenvalue weighted by Gasteiger charge is 2.21. The van der Waals surface area contributed by atoms with Crippen molar-refractivity contribution in [1.82, 2.24) is 5.32 Å². The van der Waals surface area contributed by atoms with Crippen LogP contribution in [-0.4, -0.2) is 26.7 Å². The average molecular weight is 285 g/mol. The van der Waals surface area contributed by atoms with Crippen molar-refractivity contribution in [1.29, 1.82) is 0 Å². The molecule has 0 saturated heterocycles. The van der Waals surface area contributed by atoms with Gasteiger partial charge in [0.15, 0.2) is 0 Å². The normalized spacial score (nSPS) is 14.4. The fourth-order valence-electron chi connectivity index (χ4n) is 2.83. The summed E-state index contributed by atoms with van der Waals surface area (Å²) < 4.78 is 5.71. The zero-order valence-electron chi connectivity index (χ0n) is 12.8. The number of rotatable bonds is 5. The predicted molar refractivity (Wildman–Crippen MR) is 86.9 cm³/mol. The summed E-state index contributed by atoms with van der Waals surface area (Å²) in [6.45, 7) is 6.86. The Hall–Kier alpha value is -1.94. The molecule has 0 fully saturated rings. The molecule has 1 aromatic heterocycles. The Kier molecular flexibility index (Phi) is 4.15. The van der Waals surface area contributed by atoms with Gasteiger partial charge in [-0.05, 0) is 24.7 Å². The van der Waals surface area contributed by atoms with Crippen molar-refractivity contribution in [3.8, 4) is 0 Å². The first-order chi connectivity index (χ1) is 10.3. The molecule has 2 aromatic rings. The Morgan fingerprint density at radius 1 is 1.14 bits per heavy atom. The quantitative estimate of drug-likeness (QED) is 0.915. The third-order valence-electron chi connectivity index (χ3n) is 4.08. The smallest absolute Gasteiger partial charge is 0.127 e. The van der Waals surface area contributed by atoms with Gasteiger partial charge in [-0.25, -0.2) is 0 Å². The molecule has 0 atom stereocenters. The van der Waals surface area contributed by atoms with Gasteiger partial charge in [0.2, 0.25) is 0 Å². The highest BCUT2D eigenvalue weighted by molar-refractivity contribution is 5.73. The van der Waals surface area contributed by atoms with E-state index in [1.165, 1.54) is 16.9 Å². The van der Waals surface area contributed by atoms with Crippen molar-refractivity contribution in [3.63, 3.8) is 0 Å². The minimum Gasteiger partial charge on any atom is -0.467 e. The number of fused-ring (bicyclic) bond motifs is 1. The van der Waals surface area contributed by atoms with E-state index in [1.807, 2.05) is 0 Å². The topological polar surface area (TPSA) is 31.7 Å². The minimum absolute atomic E-state index is 0.832. The van der Waals surface area contributed by atoms with Crippen LogP contribution in [0.2, 0.25) is 0 Å². The molecule has 3 rings (SSSR count). The maximum Gasteiger partial charge on any atom is 0.127 e. The van der Waals surface area contributed by atoms with Crippen molar-refractivity contribution in [2.75, 3.05) is 36.5 Å². The molecule has 1 aromatic carbocycles. The largest absolute Gasteiger partial charge is 0.467 e. The van der Waals surface area contributed by atoms with Gasteiger partial charge >= 0.3 is 0 Å². The van der Waals surface area contributed by atoms with Gasteiger partial charge in [0.1, 0.15) is 5.76 Å². The second kappa shape index (κ2) is 6.22. The van der Waals surface area contributed by atoms with E-state index in [2.05, 4.69) is 59.4 Å². The number of nitrogens with one attached hydrogen (secondary N) is 1. The van der Waals surface area contributed by atoms with Gasteiger partial charge in [-0.1, -0.05) is 19.1 Å². The van der Waals surface area contributed by atoms with Gasteiger partial charge in [-0.15, -0.1) is 0 Å². The number of likely N-dealkylation sites (N-methyl/N-ethyl adjacent to an activating group) is 1.